The Labute approximate surface area is 200 Å². The van der Waals surface area contributed by atoms with E-state index in [1.807, 2.05) is 0 Å². The standard InChI is InChI=1S/C21H40O13/c1-2-21(23)24-10-4-12-26-28-14-6-16-30-32-18-8-20-34-33-19-7-17-31-29-15-5-13-27-25-11-3-9-22/h2,22H,1,3-20H2. The lowest BCUT2D eigenvalue weighted by Gasteiger charge is -2.07. The summed E-state index contributed by atoms with van der Waals surface area (Å²) in [7, 11) is 0. The quantitative estimate of drug-likeness (QED) is 0.0525. The summed E-state index contributed by atoms with van der Waals surface area (Å²) in [5.74, 6) is -0.457. The van der Waals surface area contributed by atoms with E-state index in [4.69, 9.17) is 58.7 Å². The topological polar surface area (TPSA) is 139 Å². The van der Waals surface area contributed by atoms with Crippen molar-refractivity contribution in [3.63, 3.8) is 0 Å². The van der Waals surface area contributed by atoms with Crippen LogP contribution in [0.25, 0.3) is 0 Å². The molecular weight excluding hydrogens is 460 g/mol. The minimum absolute atomic E-state index is 0.0787. The van der Waals surface area contributed by atoms with Gasteiger partial charge in [-0.1, -0.05) is 6.58 Å². The fraction of sp³-hybridized carbons (Fsp3) is 0.857. The molecule has 0 aliphatic carbocycles. The van der Waals surface area contributed by atoms with Crippen LogP contribution in [-0.4, -0.2) is 90.4 Å². The van der Waals surface area contributed by atoms with Crippen LogP contribution in [0, 0.1) is 0 Å². The molecule has 13 heteroatoms. The predicted octanol–water partition coefficient (Wildman–Crippen LogP) is 1.79. The highest BCUT2D eigenvalue weighted by Gasteiger charge is 1.98. The van der Waals surface area contributed by atoms with Gasteiger partial charge >= 0.3 is 5.97 Å². The van der Waals surface area contributed by atoms with E-state index >= 15 is 0 Å². The first kappa shape index (κ1) is 32.8. The number of hydrogen-bond donors (Lipinski definition) is 1. The van der Waals surface area contributed by atoms with Gasteiger partial charge in [-0.2, -0.15) is 0 Å². The van der Waals surface area contributed by atoms with E-state index in [0.29, 0.717) is 105 Å². The third kappa shape index (κ3) is 28.8. The van der Waals surface area contributed by atoms with Crippen molar-refractivity contribution in [3.05, 3.63) is 12.7 Å². The minimum Gasteiger partial charge on any atom is -0.462 e. The highest BCUT2D eigenvalue weighted by molar-refractivity contribution is 5.81. The third-order valence-electron chi connectivity index (χ3n) is 3.41. The molecule has 0 spiro atoms. The van der Waals surface area contributed by atoms with Gasteiger partial charge in [-0.25, -0.2) is 53.7 Å². The fourth-order valence-electron chi connectivity index (χ4n) is 1.77. The summed E-state index contributed by atoms with van der Waals surface area (Å²) >= 11 is 0. The normalized spacial score (nSPS) is 11.1. The number of esters is 1. The molecule has 0 atom stereocenters. The van der Waals surface area contributed by atoms with Crippen LogP contribution in [0.15, 0.2) is 12.7 Å². The van der Waals surface area contributed by atoms with Crippen molar-refractivity contribution in [2.75, 3.05) is 79.3 Å². The molecular formula is C21H40O13. The second-order valence-corrected chi connectivity index (χ2v) is 6.44. The predicted molar refractivity (Wildman–Crippen MR) is 115 cm³/mol. The molecule has 1 N–H and O–H groups in total. The fourth-order valence-corrected chi connectivity index (χ4v) is 1.77. The maximum atomic E-state index is 10.8. The second kappa shape index (κ2) is 29.8. The molecule has 13 nitrogen and oxygen atoms in total. The van der Waals surface area contributed by atoms with E-state index < -0.39 is 5.97 Å². The van der Waals surface area contributed by atoms with Crippen molar-refractivity contribution in [1.82, 2.24) is 0 Å². The zero-order chi connectivity index (χ0) is 24.8. The third-order valence-corrected chi connectivity index (χ3v) is 3.41. The summed E-state index contributed by atoms with van der Waals surface area (Å²) in [5.41, 5.74) is 0. The molecule has 34 heavy (non-hydrogen) atoms. The molecule has 0 unspecified atom stereocenters. The SMILES string of the molecule is C=CC(=O)OCCCOOCCCOOCCCOOCCCOOCCCOOCCCO. The molecule has 202 valence electrons. The van der Waals surface area contributed by atoms with Crippen molar-refractivity contribution in [2.45, 2.75) is 38.5 Å². The lowest BCUT2D eigenvalue weighted by atomic mass is 10.5. The zero-order valence-electron chi connectivity index (χ0n) is 19.9. The van der Waals surface area contributed by atoms with Crippen LogP contribution in [0.3, 0.4) is 0 Å². The monoisotopic (exact) mass is 500 g/mol. The van der Waals surface area contributed by atoms with Gasteiger partial charge in [0, 0.05) is 44.8 Å². The molecule has 0 saturated carbocycles. The summed E-state index contributed by atoms with van der Waals surface area (Å²) in [6, 6.07) is 0. The van der Waals surface area contributed by atoms with Crippen molar-refractivity contribution >= 4 is 5.97 Å². The van der Waals surface area contributed by atoms with Gasteiger partial charge in [0.25, 0.3) is 0 Å². The van der Waals surface area contributed by atoms with E-state index in [9.17, 15) is 4.79 Å². The van der Waals surface area contributed by atoms with Gasteiger partial charge in [-0.15, -0.1) is 0 Å². The van der Waals surface area contributed by atoms with Crippen molar-refractivity contribution < 1.29 is 63.5 Å². The highest BCUT2D eigenvalue weighted by atomic mass is 17.2. The second-order valence-electron chi connectivity index (χ2n) is 6.44. The Hall–Kier alpha value is -1.23. The molecule has 0 aromatic carbocycles. The number of aliphatic hydroxyl groups excluding tert-OH is 1. The van der Waals surface area contributed by atoms with Crippen LogP contribution in [0.1, 0.15) is 38.5 Å². The van der Waals surface area contributed by atoms with Crippen LogP contribution >= 0.6 is 0 Å². The molecule has 0 amide bonds. The maximum Gasteiger partial charge on any atom is 0.330 e. The van der Waals surface area contributed by atoms with Gasteiger partial charge in [0.05, 0.1) is 72.7 Å². The molecule has 0 aliphatic rings. The van der Waals surface area contributed by atoms with E-state index in [1.54, 1.807) is 0 Å². The average Bonchev–Trinajstić information content (AvgIpc) is 2.85. The first-order valence-corrected chi connectivity index (χ1v) is 11.4. The van der Waals surface area contributed by atoms with Crippen molar-refractivity contribution in [2.24, 2.45) is 0 Å². The number of carbonyl (C=O) groups is 1. The van der Waals surface area contributed by atoms with Gasteiger partial charge in [0.1, 0.15) is 0 Å². The number of rotatable bonds is 29. The van der Waals surface area contributed by atoms with E-state index in [1.165, 1.54) is 0 Å². The summed E-state index contributed by atoms with van der Waals surface area (Å²) in [6.45, 7) is 7.34. The Morgan fingerprint density at radius 3 is 1.03 bits per heavy atom. The van der Waals surface area contributed by atoms with E-state index in [0.717, 1.165) is 6.08 Å². The van der Waals surface area contributed by atoms with Crippen LogP contribution in [0.5, 0.6) is 0 Å². The van der Waals surface area contributed by atoms with Crippen LogP contribution < -0.4 is 0 Å². The molecule has 0 aliphatic heterocycles. The molecule has 0 heterocycles. The molecule has 0 fully saturated rings. The minimum atomic E-state index is -0.457. The van der Waals surface area contributed by atoms with Crippen LogP contribution in [0.2, 0.25) is 0 Å². The number of ether oxygens (including phenoxy) is 1. The molecule has 0 bridgehead atoms. The zero-order valence-corrected chi connectivity index (χ0v) is 19.9. The average molecular weight is 501 g/mol. The van der Waals surface area contributed by atoms with E-state index in [2.05, 4.69) is 6.58 Å². The van der Waals surface area contributed by atoms with Gasteiger partial charge in [0.2, 0.25) is 0 Å². The smallest absolute Gasteiger partial charge is 0.330 e. The summed E-state index contributed by atoms with van der Waals surface area (Å²) in [5, 5.41) is 8.56. The summed E-state index contributed by atoms with van der Waals surface area (Å²) < 4.78 is 4.78. The number of aliphatic hydroxyl groups is 1. The largest absolute Gasteiger partial charge is 0.462 e. The molecule has 0 rings (SSSR count). The number of hydrogen-bond acceptors (Lipinski definition) is 13. The van der Waals surface area contributed by atoms with Crippen LogP contribution in [-0.2, 0) is 58.4 Å². The first-order valence-electron chi connectivity index (χ1n) is 11.4. The lowest BCUT2D eigenvalue weighted by Crippen LogP contribution is -2.08. The van der Waals surface area contributed by atoms with Gasteiger partial charge in [0.15, 0.2) is 0 Å². The lowest BCUT2D eigenvalue weighted by molar-refractivity contribution is -0.329. The van der Waals surface area contributed by atoms with Crippen molar-refractivity contribution in [1.29, 1.82) is 0 Å². The van der Waals surface area contributed by atoms with Gasteiger partial charge < -0.3 is 9.84 Å². The molecule has 0 radical (unpaired) electrons. The Balaban J connectivity index is 3.03. The Morgan fingerprint density at radius 2 is 0.765 bits per heavy atom. The van der Waals surface area contributed by atoms with Crippen molar-refractivity contribution in [3.8, 4) is 0 Å². The molecule has 0 saturated heterocycles. The summed E-state index contributed by atoms with van der Waals surface area (Å²) in [6.07, 6.45) is 4.65. The summed E-state index contributed by atoms with van der Waals surface area (Å²) in [4.78, 5) is 60.3. The molecule has 0 aromatic heterocycles. The Morgan fingerprint density at radius 1 is 0.500 bits per heavy atom. The van der Waals surface area contributed by atoms with Gasteiger partial charge in [-0.3, -0.25) is 0 Å². The van der Waals surface area contributed by atoms with E-state index in [-0.39, 0.29) is 13.2 Å². The Kier molecular flexibility index (Phi) is 28.7. The first-order chi connectivity index (χ1) is 16.8. The number of carbonyl (C=O) groups excluding carboxylic acids is 1. The van der Waals surface area contributed by atoms with Gasteiger partial charge in [-0.05, 0) is 6.42 Å². The Bertz CT molecular complexity index is 425. The highest BCUT2D eigenvalue weighted by Crippen LogP contribution is 1.94. The maximum absolute atomic E-state index is 10.8. The molecule has 0 aromatic rings. The van der Waals surface area contributed by atoms with Crippen LogP contribution in [0.4, 0.5) is 0 Å².